The highest BCUT2D eigenvalue weighted by atomic mass is 31.1. The molecule has 0 aliphatic rings. The molecule has 0 aliphatic heterocycles. The largest absolute Gasteiger partial charge is 0.488 e. The van der Waals surface area contributed by atoms with Gasteiger partial charge in [-0.05, 0) is 72.8 Å². The monoisotopic (exact) mass is 588 g/mol. The van der Waals surface area contributed by atoms with Crippen LogP contribution < -0.4 is 20.7 Å². The maximum atomic E-state index is 6.65. The van der Waals surface area contributed by atoms with Gasteiger partial charge in [-0.1, -0.05) is 150 Å². The molecule has 3 heteroatoms. The van der Waals surface area contributed by atoms with Crippen molar-refractivity contribution in [3.8, 4) is 5.75 Å². The molecule has 42 heavy (non-hydrogen) atoms. The molecule has 0 aliphatic carbocycles. The van der Waals surface area contributed by atoms with E-state index in [1.54, 1.807) is 0 Å². The molecule has 1 atom stereocenters. The van der Waals surface area contributed by atoms with Gasteiger partial charge in [0.1, 0.15) is 12.4 Å². The standard InChI is InChI=1S/C39H42OP2/c1-5-39(6-2,36-27-17-18-30(3)37(36)40-28-32-20-10-7-11-21-32)41-38-31(4)19-16-22-33(38)29-42(34-23-12-8-13-24-34)35-25-14-9-15-26-35/h7-27,41H,5-6,28-29H2,1-4H3. The van der Waals surface area contributed by atoms with Gasteiger partial charge in [0.25, 0.3) is 0 Å². The Hall–Kier alpha value is -3.24. The van der Waals surface area contributed by atoms with E-state index in [4.69, 9.17) is 4.74 Å². The minimum absolute atomic E-state index is 0.00115. The highest BCUT2D eigenvalue weighted by Gasteiger charge is 2.34. The summed E-state index contributed by atoms with van der Waals surface area (Å²) in [6, 6.07) is 46.4. The molecule has 0 saturated heterocycles. The predicted octanol–water partition coefficient (Wildman–Crippen LogP) is 9.53. The van der Waals surface area contributed by atoms with E-state index in [1.165, 1.54) is 43.7 Å². The van der Waals surface area contributed by atoms with Gasteiger partial charge in [-0.3, -0.25) is 0 Å². The van der Waals surface area contributed by atoms with E-state index in [0.717, 1.165) is 24.8 Å². The normalized spacial score (nSPS) is 11.8. The predicted molar refractivity (Wildman–Crippen MR) is 186 cm³/mol. The van der Waals surface area contributed by atoms with E-state index in [-0.39, 0.29) is 5.16 Å². The fourth-order valence-electron chi connectivity index (χ4n) is 5.82. The summed E-state index contributed by atoms with van der Waals surface area (Å²) < 4.78 is 6.65. The molecule has 0 aromatic heterocycles. The molecule has 0 heterocycles. The van der Waals surface area contributed by atoms with Gasteiger partial charge < -0.3 is 4.74 Å². The molecule has 5 aromatic carbocycles. The van der Waals surface area contributed by atoms with Gasteiger partial charge in [0.05, 0.1) is 0 Å². The molecule has 0 fully saturated rings. The fraction of sp³-hybridized carbons (Fsp3) is 0.231. The minimum atomic E-state index is -0.523. The molecule has 214 valence electrons. The van der Waals surface area contributed by atoms with E-state index in [0.29, 0.717) is 15.2 Å². The first kappa shape index (κ1) is 30.2. The van der Waals surface area contributed by atoms with Crippen LogP contribution in [0.15, 0.2) is 127 Å². The van der Waals surface area contributed by atoms with Crippen LogP contribution in [0.5, 0.6) is 5.75 Å². The summed E-state index contributed by atoms with van der Waals surface area (Å²) in [5.41, 5.74) is 6.64. The summed E-state index contributed by atoms with van der Waals surface area (Å²) in [6.45, 7) is 9.80. The molecule has 0 spiro atoms. The van der Waals surface area contributed by atoms with Crippen LogP contribution >= 0.6 is 16.5 Å². The molecule has 0 amide bonds. The highest BCUT2D eigenvalue weighted by Crippen LogP contribution is 2.52. The smallest absolute Gasteiger partial charge is 0.126 e. The van der Waals surface area contributed by atoms with E-state index >= 15 is 0 Å². The average Bonchev–Trinajstić information content (AvgIpc) is 3.04. The minimum Gasteiger partial charge on any atom is -0.488 e. The van der Waals surface area contributed by atoms with Gasteiger partial charge in [0, 0.05) is 16.9 Å². The first-order valence-electron chi connectivity index (χ1n) is 15.1. The lowest BCUT2D eigenvalue weighted by molar-refractivity contribution is 0.296. The van der Waals surface area contributed by atoms with Gasteiger partial charge in [-0.25, -0.2) is 0 Å². The zero-order valence-electron chi connectivity index (χ0n) is 25.3. The summed E-state index contributed by atoms with van der Waals surface area (Å²) in [7, 11) is 0.127. The van der Waals surface area contributed by atoms with Crippen LogP contribution in [0.4, 0.5) is 0 Å². The van der Waals surface area contributed by atoms with Crippen LogP contribution in [-0.4, -0.2) is 0 Å². The molecule has 0 bridgehead atoms. The first-order chi connectivity index (χ1) is 20.5. The number of rotatable bonds is 12. The quantitative estimate of drug-likeness (QED) is 0.132. The maximum Gasteiger partial charge on any atom is 0.126 e. The van der Waals surface area contributed by atoms with Crippen molar-refractivity contribution in [2.45, 2.75) is 58.5 Å². The molecule has 0 N–H and O–H groups in total. The zero-order chi connectivity index (χ0) is 29.4. The average molecular weight is 589 g/mol. The number of para-hydroxylation sites is 1. The number of aryl methyl sites for hydroxylation is 2. The Kier molecular flexibility index (Phi) is 10.3. The van der Waals surface area contributed by atoms with Crippen molar-refractivity contribution >= 4 is 32.4 Å². The SMILES string of the molecule is CCC(CC)(Pc1c(C)cccc1CP(c1ccccc1)c1ccccc1)c1cccc(C)c1OCc1ccccc1. The van der Waals surface area contributed by atoms with Crippen LogP contribution in [0, 0.1) is 13.8 Å². The second kappa shape index (κ2) is 14.3. The molecule has 0 saturated carbocycles. The van der Waals surface area contributed by atoms with Crippen molar-refractivity contribution in [2.75, 3.05) is 0 Å². The Bertz CT molecular complexity index is 1520. The molecule has 5 aromatic rings. The third-order valence-electron chi connectivity index (χ3n) is 8.35. The van der Waals surface area contributed by atoms with Crippen molar-refractivity contribution < 1.29 is 4.74 Å². The van der Waals surface area contributed by atoms with Crippen LogP contribution in [0.25, 0.3) is 0 Å². The first-order valence-corrected chi connectivity index (χ1v) is 17.6. The third kappa shape index (κ3) is 6.86. The third-order valence-corrected chi connectivity index (χ3v) is 13.3. The summed E-state index contributed by atoms with van der Waals surface area (Å²) in [4.78, 5) is 0. The lowest BCUT2D eigenvalue weighted by Gasteiger charge is -2.36. The van der Waals surface area contributed by atoms with Crippen LogP contribution in [0.2, 0.25) is 0 Å². The Morgan fingerprint density at radius 3 is 1.76 bits per heavy atom. The van der Waals surface area contributed by atoms with Gasteiger partial charge in [0.2, 0.25) is 0 Å². The molecule has 5 rings (SSSR count). The maximum absolute atomic E-state index is 6.65. The van der Waals surface area contributed by atoms with Crippen molar-refractivity contribution in [1.29, 1.82) is 0 Å². The van der Waals surface area contributed by atoms with E-state index < -0.39 is 7.92 Å². The molecule has 0 radical (unpaired) electrons. The van der Waals surface area contributed by atoms with E-state index in [2.05, 4.69) is 155 Å². The van der Waals surface area contributed by atoms with E-state index in [9.17, 15) is 0 Å². The molecule has 1 unspecified atom stereocenters. The van der Waals surface area contributed by atoms with Crippen molar-refractivity contribution in [3.63, 3.8) is 0 Å². The lowest BCUT2D eigenvalue weighted by atomic mass is 9.90. The lowest BCUT2D eigenvalue weighted by Crippen LogP contribution is -2.26. The second-order valence-corrected chi connectivity index (χ2v) is 14.9. The summed E-state index contributed by atoms with van der Waals surface area (Å²) in [5, 5.41) is 4.39. The fourth-order valence-corrected chi connectivity index (χ4v) is 10.1. The Morgan fingerprint density at radius 1 is 0.619 bits per heavy atom. The van der Waals surface area contributed by atoms with Crippen LogP contribution in [0.3, 0.4) is 0 Å². The Labute approximate surface area is 255 Å². The van der Waals surface area contributed by atoms with Crippen LogP contribution in [0.1, 0.15) is 54.5 Å². The van der Waals surface area contributed by atoms with Crippen molar-refractivity contribution in [2.24, 2.45) is 0 Å². The molecular formula is C39H42OP2. The number of ether oxygens (including phenoxy) is 1. The number of hydrogen-bond acceptors (Lipinski definition) is 1. The van der Waals surface area contributed by atoms with Gasteiger partial charge >= 0.3 is 0 Å². The topological polar surface area (TPSA) is 9.23 Å². The summed E-state index contributed by atoms with van der Waals surface area (Å²) in [5.74, 6) is 1.06. The number of hydrogen-bond donors (Lipinski definition) is 0. The highest BCUT2D eigenvalue weighted by molar-refractivity contribution is 7.72. The zero-order valence-corrected chi connectivity index (χ0v) is 27.2. The van der Waals surface area contributed by atoms with Crippen LogP contribution in [-0.2, 0) is 17.9 Å². The van der Waals surface area contributed by atoms with Gasteiger partial charge in [0.15, 0.2) is 0 Å². The van der Waals surface area contributed by atoms with Crippen molar-refractivity contribution in [1.82, 2.24) is 0 Å². The van der Waals surface area contributed by atoms with Crippen molar-refractivity contribution in [3.05, 3.63) is 155 Å². The van der Waals surface area contributed by atoms with Gasteiger partial charge in [-0.2, -0.15) is 0 Å². The molecular weight excluding hydrogens is 546 g/mol. The summed E-state index contributed by atoms with van der Waals surface area (Å²) >= 11 is 0. The van der Waals surface area contributed by atoms with E-state index in [1.807, 2.05) is 0 Å². The Morgan fingerprint density at radius 2 is 1.17 bits per heavy atom. The molecule has 1 nitrogen and oxygen atoms in total. The summed E-state index contributed by atoms with van der Waals surface area (Å²) in [6.07, 6.45) is 3.17. The van der Waals surface area contributed by atoms with Gasteiger partial charge in [-0.15, -0.1) is 0 Å². The Balaban J connectivity index is 1.53. The number of benzene rings is 5. The second-order valence-electron chi connectivity index (χ2n) is 11.0.